The number of alkyl halides is 3. The van der Waals surface area contributed by atoms with Crippen molar-refractivity contribution in [2.45, 2.75) is 149 Å². The monoisotopic (exact) mass is 632 g/mol. The molecule has 44 heavy (non-hydrogen) atoms. The van der Waals surface area contributed by atoms with E-state index in [1.54, 1.807) is 19.9 Å². The summed E-state index contributed by atoms with van der Waals surface area (Å²) in [4.78, 5) is 16.6. The zero-order chi connectivity index (χ0) is 32.0. The van der Waals surface area contributed by atoms with Gasteiger partial charge in [0, 0.05) is 11.6 Å². The van der Waals surface area contributed by atoms with Crippen LogP contribution in [0.1, 0.15) is 137 Å². The van der Waals surface area contributed by atoms with Gasteiger partial charge in [0.25, 0.3) is 5.91 Å². The standard InChI is InChI=1S/C34H53F3N2O4.Na/c1-7-8-9-10-11-12-13-14-15-16-17-18-19-20-21-42-29-23-30(43-25(2)3)28(22-26(29)33(4,5)6)39-31(41)27(24-40)38-32(39)34(35,36)37;/h22-25,40H,7-21H2,1-6H3;/q;+1/p-1/b27-24+;. The molecule has 0 unspecified atom stereocenters. The van der Waals surface area contributed by atoms with E-state index in [1.165, 1.54) is 76.7 Å². The number of nitrogens with zero attached hydrogens (tertiary/aromatic N) is 2. The van der Waals surface area contributed by atoms with Crippen LogP contribution in [0.3, 0.4) is 0 Å². The quantitative estimate of drug-likeness (QED) is 0.0795. The molecule has 0 atom stereocenters. The molecule has 0 aromatic heterocycles. The third-order valence-electron chi connectivity index (χ3n) is 7.45. The number of hydrogen-bond donors (Lipinski definition) is 0. The minimum absolute atomic E-state index is 0. The average Bonchev–Trinajstić information content (AvgIpc) is 3.26. The summed E-state index contributed by atoms with van der Waals surface area (Å²) in [6.45, 7) is 11.9. The summed E-state index contributed by atoms with van der Waals surface area (Å²) in [6.07, 6.45) is 12.2. The van der Waals surface area contributed by atoms with E-state index in [1.807, 2.05) is 20.8 Å². The Bertz CT molecular complexity index is 1080. The Labute approximate surface area is 285 Å². The Hall–Kier alpha value is -1.71. The molecule has 2 rings (SSSR count). The van der Waals surface area contributed by atoms with Crippen molar-refractivity contribution in [3.8, 4) is 11.5 Å². The van der Waals surface area contributed by atoms with E-state index in [0.717, 1.165) is 19.3 Å². The molecule has 1 amide bonds. The van der Waals surface area contributed by atoms with Gasteiger partial charge in [-0.2, -0.15) is 13.2 Å². The van der Waals surface area contributed by atoms with Crippen molar-refractivity contribution in [2.24, 2.45) is 4.99 Å². The van der Waals surface area contributed by atoms with E-state index >= 15 is 0 Å². The molecule has 1 aliphatic heterocycles. The number of ether oxygens (including phenoxy) is 2. The molecule has 244 valence electrons. The Morgan fingerprint density at radius 3 is 1.80 bits per heavy atom. The molecule has 0 saturated carbocycles. The van der Waals surface area contributed by atoms with Crippen molar-refractivity contribution < 1.29 is 62.1 Å². The van der Waals surface area contributed by atoms with Crippen LogP contribution in [0.4, 0.5) is 18.9 Å². The molecule has 0 bridgehead atoms. The van der Waals surface area contributed by atoms with Crippen LogP contribution in [-0.4, -0.2) is 30.6 Å². The molecule has 0 fully saturated rings. The number of aliphatic imine (C=N–C) groups is 1. The van der Waals surface area contributed by atoms with Crippen LogP contribution in [0.25, 0.3) is 0 Å². The van der Waals surface area contributed by atoms with E-state index in [0.29, 0.717) is 22.8 Å². The molecule has 0 spiro atoms. The van der Waals surface area contributed by atoms with Crippen molar-refractivity contribution in [1.29, 1.82) is 0 Å². The number of benzene rings is 1. The Morgan fingerprint density at radius 1 is 0.864 bits per heavy atom. The molecule has 1 heterocycles. The molecule has 0 aliphatic carbocycles. The van der Waals surface area contributed by atoms with Gasteiger partial charge in [-0.05, 0) is 31.7 Å². The number of anilines is 1. The zero-order valence-corrected chi connectivity index (χ0v) is 30.1. The third kappa shape index (κ3) is 13.0. The molecule has 10 heteroatoms. The van der Waals surface area contributed by atoms with Crippen molar-refractivity contribution in [3.63, 3.8) is 0 Å². The second-order valence-electron chi connectivity index (χ2n) is 12.8. The van der Waals surface area contributed by atoms with Gasteiger partial charge in [0.15, 0.2) is 0 Å². The van der Waals surface area contributed by atoms with Crippen LogP contribution in [0.2, 0.25) is 0 Å². The number of carbonyl (C=O) groups is 1. The average molecular weight is 633 g/mol. The minimum Gasteiger partial charge on any atom is -0.876 e. The van der Waals surface area contributed by atoms with Gasteiger partial charge in [-0.15, -0.1) is 6.26 Å². The van der Waals surface area contributed by atoms with Crippen molar-refractivity contribution >= 4 is 17.4 Å². The Morgan fingerprint density at radius 2 is 1.36 bits per heavy atom. The predicted molar refractivity (Wildman–Crippen MR) is 166 cm³/mol. The van der Waals surface area contributed by atoms with Gasteiger partial charge in [0.2, 0.25) is 5.84 Å². The molecular formula is C34H52F3N2NaO4. The molecule has 1 aromatic carbocycles. The van der Waals surface area contributed by atoms with E-state index < -0.39 is 35.1 Å². The summed E-state index contributed by atoms with van der Waals surface area (Å²) in [7, 11) is 0. The Kier molecular flexibility index (Phi) is 18.1. The van der Waals surface area contributed by atoms with Crippen LogP contribution < -0.4 is 49.0 Å². The molecular weight excluding hydrogens is 580 g/mol. The largest absolute Gasteiger partial charge is 1.00 e. The maximum atomic E-state index is 13.9. The Balaban J connectivity index is 0.00000968. The smallest absolute Gasteiger partial charge is 0.876 e. The van der Waals surface area contributed by atoms with E-state index in [-0.39, 0.29) is 47.3 Å². The maximum Gasteiger partial charge on any atom is 1.00 e. The fourth-order valence-electron chi connectivity index (χ4n) is 5.17. The van der Waals surface area contributed by atoms with Gasteiger partial charge >= 0.3 is 35.7 Å². The van der Waals surface area contributed by atoms with Gasteiger partial charge in [0.1, 0.15) is 17.2 Å². The van der Waals surface area contributed by atoms with Gasteiger partial charge in [-0.1, -0.05) is 111 Å². The molecule has 6 nitrogen and oxygen atoms in total. The summed E-state index contributed by atoms with van der Waals surface area (Å²) < 4.78 is 53.8. The third-order valence-corrected chi connectivity index (χ3v) is 7.45. The topological polar surface area (TPSA) is 74.2 Å². The van der Waals surface area contributed by atoms with Crippen molar-refractivity contribution in [2.75, 3.05) is 11.5 Å². The van der Waals surface area contributed by atoms with Gasteiger partial charge < -0.3 is 14.6 Å². The van der Waals surface area contributed by atoms with E-state index in [9.17, 15) is 23.1 Å². The minimum atomic E-state index is -4.96. The molecule has 1 aliphatic rings. The van der Waals surface area contributed by atoms with Crippen LogP contribution in [0, 0.1) is 0 Å². The zero-order valence-electron chi connectivity index (χ0n) is 28.1. The number of amidine groups is 1. The summed E-state index contributed by atoms with van der Waals surface area (Å²) in [5.74, 6) is -2.06. The molecule has 1 aromatic rings. The summed E-state index contributed by atoms with van der Waals surface area (Å²) in [6, 6.07) is 3.05. The first-order chi connectivity index (χ1) is 20.3. The number of amides is 1. The second-order valence-corrected chi connectivity index (χ2v) is 12.8. The molecule has 0 saturated heterocycles. The second kappa shape index (κ2) is 19.7. The normalized spacial score (nSPS) is 14.8. The fraction of sp³-hybridized carbons (Fsp3) is 0.706. The van der Waals surface area contributed by atoms with E-state index in [2.05, 4.69) is 11.9 Å². The number of hydrogen-bond acceptors (Lipinski definition) is 5. The van der Waals surface area contributed by atoms with Crippen molar-refractivity contribution in [3.05, 3.63) is 29.7 Å². The van der Waals surface area contributed by atoms with Crippen molar-refractivity contribution in [1.82, 2.24) is 0 Å². The summed E-state index contributed by atoms with van der Waals surface area (Å²) >= 11 is 0. The molecule has 0 N–H and O–H groups in total. The predicted octanol–water partition coefficient (Wildman–Crippen LogP) is 6.14. The number of halogens is 3. The van der Waals surface area contributed by atoms with Crippen LogP contribution >= 0.6 is 0 Å². The van der Waals surface area contributed by atoms with Gasteiger partial charge in [-0.25, -0.2) is 4.99 Å². The van der Waals surface area contributed by atoms with Crippen LogP contribution in [0.15, 0.2) is 29.1 Å². The number of rotatable bonds is 19. The first-order valence-corrected chi connectivity index (χ1v) is 16.1. The van der Waals surface area contributed by atoms with Gasteiger partial charge in [0.05, 0.1) is 18.4 Å². The maximum absolute atomic E-state index is 13.9. The van der Waals surface area contributed by atoms with Crippen LogP contribution in [0.5, 0.6) is 11.5 Å². The van der Waals surface area contributed by atoms with E-state index in [4.69, 9.17) is 9.47 Å². The van der Waals surface area contributed by atoms with Gasteiger partial charge in [-0.3, -0.25) is 9.69 Å². The number of carbonyl (C=O) groups excluding carboxylic acids is 1. The van der Waals surface area contributed by atoms with Crippen LogP contribution in [-0.2, 0) is 10.2 Å². The number of unbranched alkanes of at least 4 members (excludes halogenated alkanes) is 13. The fourth-order valence-corrected chi connectivity index (χ4v) is 5.17. The SMILES string of the molecule is CCCCCCCCCCCCCCCCOc1cc(OC(C)C)c(N2C(=O)/C(=C\[O-])N=C2C(F)(F)F)cc1C(C)(C)C.[Na+]. The summed E-state index contributed by atoms with van der Waals surface area (Å²) in [5.41, 5.74) is -0.831. The summed E-state index contributed by atoms with van der Waals surface area (Å²) in [5, 5.41) is 11.3. The first-order valence-electron chi connectivity index (χ1n) is 16.1. The molecule has 0 radical (unpaired) electrons. The first kappa shape index (κ1) is 40.3.